The lowest BCUT2D eigenvalue weighted by atomic mass is 10.2. The van der Waals surface area contributed by atoms with Gasteiger partial charge in [-0.15, -0.1) is 0 Å². The second-order valence-corrected chi connectivity index (χ2v) is 3.06. The summed E-state index contributed by atoms with van der Waals surface area (Å²) in [6, 6.07) is 7.02. The van der Waals surface area contributed by atoms with Crippen molar-refractivity contribution in [2.75, 3.05) is 26.9 Å². The molecule has 0 radical (unpaired) electrons. The summed E-state index contributed by atoms with van der Waals surface area (Å²) in [5.74, 6) is 0.161. The van der Waals surface area contributed by atoms with Gasteiger partial charge in [-0.1, -0.05) is 12.1 Å². The van der Waals surface area contributed by atoms with E-state index < -0.39 is 0 Å². The number of para-hydroxylation sites is 1. The predicted octanol–water partition coefficient (Wildman–Crippen LogP) is 1.89. The van der Waals surface area contributed by atoms with Crippen molar-refractivity contribution in [2.45, 2.75) is 6.92 Å². The van der Waals surface area contributed by atoms with Crippen LogP contribution in [0.15, 0.2) is 24.3 Å². The maximum absolute atomic E-state index is 11.7. The highest BCUT2D eigenvalue weighted by Gasteiger charge is 2.12. The summed E-state index contributed by atoms with van der Waals surface area (Å²) in [5, 5.41) is 0. The Morgan fingerprint density at radius 1 is 1.25 bits per heavy atom. The summed E-state index contributed by atoms with van der Waals surface area (Å²) in [7, 11) is 1.56. The normalized spacial score (nSPS) is 9.88. The van der Waals surface area contributed by atoms with Crippen molar-refractivity contribution in [2.24, 2.45) is 0 Å². The SMILES string of the molecule is CCOc1ccccc1C(=O)OCCOC. The van der Waals surface area contributed by atoms with E-state index in [0.29, 0.717) is 24.5 Å². The first-order chi connectivity index (χ1) is 7.79. The molecule has 0 aromatic heterocycles. The molecule has 4 nitrogen and oxygen atoms in total. The molecule has 0 bridgehead atoms. The largest absolute Gasteiger partial charge is 0.493 e. The third-order valence-electron chi connectivity index (χ3n) is 1.93. The van der Waals surface area contributed by atoms with Crippen molar-refractivity contribution in [3.63, 3.8) is 0 Å². The van der Waals surface area contributed by atoms with Gasteiger partial charge in [-0.3, -0.25) is 0 Å². The molecule has 1 aromatic rings. The average Bonchev–Trinajstić information content (AvgIpc) is 2.30. The minimum atomic E-state index is -0.388. The van der Waals surface area contributed by atoms with Crippen molar-refractivity contribution in [3.05, 3.63) is 29.8 Å². The third kappa shape index (κ3) is 3.55. The summed E-state index contributed by atoms with van der Waals surface area (Å²) in [4.78, 5) is 11.7. The van der Waals surface area contributed by atoms with E-state index in [0.717, 1.165) is 0 Å². The van der Waals surface area contributed by atoms with Gasteiger partial charge in [0.2, 0.25) is 0 Å². The third-order valence-corrected chi connectivity index (χ3v) is 1.93. The van der Waals surface area contributed by atoms with Gasteiger partial charge in [0, 0.05) is 7.11 Å². The summed E-state index contributed by atoms with van der Waals surface area (Å²) < 4.78 is 15.1. The van der Waals surface area contributed by atoms with Crippen LogP contribution < -0.4 is 4.74 Å². The Bertz CT molecular complexity index is 336. The Morgan fingerprint density at radius 2 is 2.00 bits per heavy atom. The Kier molecular flexibility index (Phi) is 5.36. The molecule has 4 heteroatoms. The summed E-state index contributed by atoms with van der Waals surface area (Å²) in [6.45, 7) is 3.02. The number of rotatable bonds is 6. The van der Waals surface area contributed by atoms with Crippen LogP contribution in [0.2, 0.25) is 0 Å². The zero-order valence-electron chi connectivity index (χ0n) is 9.56. The Morgan fingerprint density at radius 3 is 2.69 bits per heavy atom. The van der Waals surface area contributed by atoms with Gasteiger partial charge in [0.1, 0.15) is 17.9 Å². The van der Waals surface area contributed by atoms with Crippen LogP contribution in [0.25, 0.3) is 0 Å². The van der Waals surface area contributed by atoms with E-state index in [1.54, 1.807) is 25.3 Å². The predicted molar refractivity (Wildman–Crippen MR) is 59.8 cm³/mol. The van der Waals surface area contributed by atoms with Crippen LogP contribution in [0.5, 0.6) is 5.75 Å². The molecular weight excluding hydrogens is 208 g/mol. The number of carbonyl (C=O) groups is 1. The van der Waals surface area contributed by atoms with Crippen molar-refractivity contribution in [1.29, 1.82) is 0 Å². The van der Waals surface area contributed by atoms with E-state index in [-0.39, 0.29) is 12.6 Å². The van der Waals surface area contributed by atoms with E-state index in [1.807, 2.05) is 13.0 Å². The molecule has 0 saturated carbocycles. The highest BCUT2D eigenvalue weighted by molar-refractivity contribution is 5.92. The Labute approximate surface area is 95.1 Å². The second-order valence-electron chi connectivity index (χ2n) is 3.06. The van der Waals surface area contributed by atoms with Crippen molar-refractivity contribution >= 4 is 5.97 Å². The van der Waals surface area contributed by atoms with Crippen LogP contribution in [0.4, 0.5) is 0 Å². The molecule has 0 aliphatic rings. The smallest absolute Gasteiger partial charge is 0.342 e. The number of hydrogen-bond acceptors (Lipinski definition) is 4. The van der Waals surface area contributed by atoms with Gasteiger partial charge < -0.3 is 14.2 Å². The van der Waals surface area contributed by atoms with Crippen LogP contribution >= 0.6 is 0 Å². The minimum absolute atomic E-state index is 0.246. The van der Waals surface area contributed by atoms with E-state index in [4.69, 9.17) is 14.2 Å². The lowest BCUT2D eigenvalue weighted by Crippen LogP contribution is -2.11. The molecule has 0 spiro atoms. The number of hydrogen-bond donors (Lipinski definition) is 0. The highest BCUT2D eigenvalue weighted by Crippen LogP contribution is 2.18. The molecule has 0 unspecified atom stereocenters. The fourth-order valence-electron chi connectivity index (χ4n) is 1.21. The number of benzene rings is 1. The number of ether oxygens (including phenoxy) is 3. The van der Waals surface area contributed by atoms with E-state index in [2.05, 4.69) is 0 Å². The maximum atomic E-state index is 11.7. The molecule has 0 fully saturated rings. The molecule has 0 amide bonds. The first kappa shape index (κ1) is 12.5. The fourth-order valence-corrected chi connectivity index (χ4v) is 1.21. The molecule has 0 aliphatic carbocycles. The first-order valence-electron chi connectivity index (χ1n) is 5.17. The van der Waals surface area contributed by atoms with Gasteiger partial charge in [-0.25, -0.2) is 4.79 Å². The zero-order chi connectivity index (χ0) is 11.8. The standard InChI is InChI=1S/C12H16O4/c1-3-15-11-7-5-4-6-10(11)12(13)16-9-8-14-2/h4-7H,3,8-9H2,1-2H3. The molecular formula is C12H16O4. The lowest BCUT2D eigenvalue weighted by Gasteiger charge is -2.09. The molecule has 88 valence electrons. The quantitative estimate of drug-likeness (QED) is 0.546. The second kappa shape index (κ2) is 6.85. The van der Waals surface area contributed by atoms with Crippen LogP contribution in [-0.2, 0) is 9.47 Å². The van der Waals surface area contributed by atoms with Gasteiger partial charge >= 0.3 is 5.97 Å². The molecule has 0 N–H and O–H groups in total. The summed E-state index contributed by atoms with van der Waals surface area (Å²) >= 11 is 0. The van der Waals surface area contributed by atoms with Crippen LogP contribution in [0.1, 0.15) is 17.3 Å². The minimum Gasteiger partial charge on any atom is -0.493 e. The fraction of sp³-hybridized carbons (Fsp3) is 0.417. The zero-order valence-corrected chi connectivity index (χ0v) is 9.56. The van der Waals surface area contributed by atoms with Crippen LogP contribution in [0.3, 0.4) is 0 Å². The molecule has 0 saturated heterocycles. The lowest BCUT2D eigenvalue weighted by molar-refractivity contribution is 0.0384. The summed E-state index contributed by atoms with van der Waals surface area (Å²) in [6.07, 6.45) is 0. The van der Waals surface area contributed by atoms with Gasteiger partial charge in [0.15, 0.2) is 0 Å². The topological polar surface area (TPSA) is 44.8 Å². The Hall–Kier alpha value is -1.55. The van der Waals surface area contributed by atoms with E-state index in [9.17, 15) is 4.79 Å². The van der Waals surface area contributed by atoms with Crippen LogP contribution in [-0.4, -0.2) is 32.9 Å². The van der Waals surface area contributed by atoms with Crippen molar-refractivity contribution in [1.82, 2.24) is 0 Å². The maximum Gasteiger partial charge on any atom is 0.342 e. The first-order valence-corrected chi connectivity index (χ1v) is 5.17. The molecule has 16 heavy (non-hydrogen) atoms. The monoisotopic (exact) mass is 224 g/mol. The van der Waals surface area contributed by atoms with Crippen molar-refractivity contribution in [3.8, 4) is 5.75 Å². The highest BCUT2D eigenvalue weighted by atomic mass is 16.6. The molecule has 0 atom stereocenters. The van der Waals surface area contributed by atoms with Crippen LogP contribution in [0, 0.1) is 0 Å². The van der Waals surface area contributed by atoms with Crippen molar-refractivity contribution < 1.29 is 19.0 Å². The molecule has 1 aromatic carbocycles. The molecule has 1 rings (SSSR count). The Balaban J connectivity index is 2.66. The van der Waals surface area contributed by atoms with Gasteiger partial charge in [0.05, 0.1) is 13.2 Å². The van der Waals surface area contributed by atoms with E-state index >= 15 is 0 Å². The van der Waals surface area contributed by atoms with Gasteiger partial charge in [-0.05, 0) is 19.1 Å². The molecule has 0 aliphatic heterocycles. The van der Waals surface area contributed by atoms with E-state index in [1.165, 1.54) is 0 Å². The molecule has 0 heterocycles. The average molecular weight is 224 g/mol. The van der Waals surface area contributed by atoms with Gasteiger partial charge in [-0.2, -0.15) is 0 Å². The number of methoxy groups -OCH3 is 1. The number of carbonyl (C=O) groups excluding carboxylic acids is 1. The summed E-state index contributed by atoms with van der Waals surface area (Å²) in [5.41, 5.74) is 0.445. The van der Waals surface area contributed by atoms with Gasteiger partial charge in [0.25, 0.3) is 0 Å². The number of esters is 1.